The molecule has 1 amide bonds. The summed E-state index contributed by atoms with van der Waals surface area (Å²) in [5.74, 6) is -12.6. The summed E-state index contributed by atoms with van der Waals surface area (Å²) in [5.41, 5.74) is 5.88. The van der Waals surface area contributed by atoms with Crippen molar-refractivity contribution >= 4 is 29.6 Å². The standard InChI is InChI=1S/C60H70N6O16/c61-57(64-27-33-7-2-1-3-8-33)63-22-6-12-40(69)19-17-35-26-58(56(78)79)50(49(35)59-37(10-5-11-38(59)29-67)18-16-34-9-4-13-43(71)48(34)59)47-41(25-44(51(73)53(47)75)81-60(80)55(77)54(76)52(74)45(30-68)82-60)66(58)46(72)21-15-32-14-20-42(70)36(23-32)24-39-28-62-31-65-39/h1-4,7-9,13-15,20-21,23,25-26,28,31,37-38,40,45,49-50,52,54-55,67-71,73-77,80H,5-6,10-12,16-19,22,24,27,29-30H2,(H,62,65)(H,78,79)(H3,61,63,64)/b21-15+/t37-,38-,40+,45-,49-,50+,52-,54+,55-,58-,59+,60+/m1/s1. The summed E-state index contributed by atoms with van der Waals surface area (Å²) in [5, 5.41) is 141. The van der Waals surface area contributed by atoms with Gasteiger partial charge < -0.3 is 86.8 Å². The van der Waals surface area contributed by atoms with Gasteiger partial charge in [0.05, 0.1) is 31.3 Å². The number of carboxylic acids is 1. The summed E-state index contributed by atoms with van der Waals surface area (Å²) < 4.78 is 11.1. The zero-order valence-corrected chi connectivity index (χ0v) is 44.8. The highest BCUT2D eigenvalue weighted by atomic mass is 16.8. The van der Waals surface area contributed by atoms with Crippen LogP contribution in [0.1, 0.15) is 96.4 Å². The number of aryl methyl sites for hydroxylation is 1. The molecule has 82 heavy (non-hydrogen) atoms. The van der Waals surface area contributed by atoms with Crippen LogP contribution in [0.25, 0.3) is 6.08 Å². The molecule has 5 aliphatic rings. The second-order valence-corrected chi connectivity index (χ2v) is 22.2. The topological polar surface area (TPSA) is 378 Å². The second kappa shape index (κ2) is 23.4. The molecule has 4 aromatic carbocycles. The van der Waals surface area contributed by atoms with Gasteiger partial charge in [0.25, 0.3) is 5.91 Å². The number of nitrogens with zero attached hydrogens (tertiary/aromatic N) is 3. The van der Waals surface area contributed by atoms with E-state index < -0.39 is 108 Å². The molecule has 12 atom stereocenters. The molecule has 2 aliphatic heterocycles. The summed E-state index contributed by atoms with van der Waals surface area (Å²) in [6.45, 7) is -0.676. The Balaban J connectivity index is 1.11. The number of aliphatic hydroxyl groups excluding tert-OH is 6. The normalized spacial score (nSPS) is 28.9. The van der Waals surface area contributed by atoms with E-state index in [9.17, 15) is 66.1 Å². The van der Waals surface area contributed by atoms with Gasteiger partial charge in [-0.15, -0.1) is 0 Å². The molecule has 2 fully saturated rings. The number of amides is 1. The van der Waals surface area contributed by atoms with E-state index in [4.69, 9.17) is 15.2 Å². The van der Waals surface area contributed by atoms with E-state index in [1.54, 1.807) is 18.3 Å². The number of aliphatic hydroxyl groups is 7. The largest absolute Gasteiger partial charge is 0.508 e. The molecule has 0 unspecified atom stereocenters. The number of aromatic nitrogens is 2. The number of aliphatic imine (C=N–C) groups is 1. The first-order valence-corrected chi connectivity index (χ1v) is 27.6. The lowest BCUT2D eigenvalue weighted by Crippen LogP contribution is -2.67. The molecule has 0 bridgehead atoms. The Hall–Kier alpha value is -7.54. The smallest absolute Gasteiger partial charge is 0.355 e. The molecule has 3 aliphatic carbocycles. The Morgan fingerprint density at radius 1 is 0.939 bits per heavy atom. The Kier molecular flexibility index (Phi) is 16.4. The molecule has 0 spiro atoms. The number of benzene rings is 4. The maximum Gasteiger partial charge on any atom is 0.355 e. The highest BCUT2D eigenvalue weighted by molar-refractivity contribution is 6.13. The lowest BCUT2D eigenvalue weighted by molar-refractivity contribution is -0.422. The highest BCUT2D eigenvalue weighted by Gasteiger charge is 2.72. The Labute approximate surface area is 471 Å². The lowest BCUT2D eigenvalue weighted by atomic mass is 9.45. The van der Waals surface area contributed by atoms with Gasteiger partial charge in [-0.05, 0) is 110 Å². The molecule has 16 N–H and O–H groups in total. The van der Waals surface area contributed by atoms with Crippen LogP contribution in [0.5, 0.6) is 28.7 Å². The Morgan fingerprint density at radius 2 is 1.73 bits per heavy atom. The fourth-order valence-electron chi connectivity index (χ4n) is 14.0. The number of carbonyl (C=O) groups excluding carboxylic acids is 1. The zero-order valence-electron chi connectivity index (χ0n) is 44.8. The minimum atomic E-state index is -3.36. The molecule has 3 heterocycles. The first-order chi connectivity index (χ1) is 39.4. The van der Waals surface area contributed by atoms with Gasteiger partial charge in [-0.1, -0.05) is 60.5 Å². The molecule has 1 aromatic heterocycles. The maximum absolute atomic E-state index is 15.6. The quantitative estimate of drug-likeness (QED) is 0.0107. The predicted octanol–water partition coefficient (Wildman–Crippen LogP) is 3.16. The summed E-state index contributed by atoms with van der Waals surface area (Å²) in [7, 11) is 0. The second-order valence-electron chi connectivity index (χ2n) is 22.2. The van der Waals surface area contributed by atoms with Crippen LogP contribution in [0.2, 0.25) is 0 Å². The Bertz CT molecular complexity index is 3250. The van der Waals surface area contributed by atoms with Gasteiger partial charge >= 0.3 is 11.9 Å². The average Bonchev–Trinajstić information content (AvgIpc) is 1.53. The molecule has 22 nitrogen and oxygen atoms in total. The first kappa shape index (κ1) is 57.7. The first-order valence-electron chi connectivity index (χ1n) is 27.6. The fourth-order valence-corrected chi connectivity index (χ4v) is 14.0. The number of aliphatic carboxylic acids is 1. The van der Waals surface area contributed by atoms with E-state index in [-0.39, 0.29) is 60.3 Å². The predicted molar refractivity (Wildman–Crippen MR) is 296 cm³/mol. The fraction of sp³-hybridized carbons (Fsp3) is 0.433. The van der Waals surface area contributed by atoms with Crippen LogP contribution in [-0.4, -0.2) is 151 Å². The van der Waals surface area contributed by atoms with Crippen molar-refractivity contribution in [3.63, 3.8) is 0 Å². The molecule has 1 saturated carbocycles. The van der Waals surface area contributed by atoms with Crippen molar-refractivity contribution in [3.8, 4) is 28.7 Å². The third-order valence-electron chi connectivity index (χ3n) is 17.6. The number of nitrogens with one attached hydrogen (secondary N) is 2. The Morgan fingerprint density at radius 3 is 2.46 bits per heavy atom. The van der Waals surface area contributed by atoms with Crippen molar-refractivity contribution in [2.24, 2.45) is 28.5 Å². The number of ether oxygens (including phenoxy) is 2. The third kappa shape index (κ3) is 10.2. The average molecular weight is 1130 g/mol. The number of phenolic OH excluding ortho intramolecular Hbond substituents is 4. The van der Waals surface area contributed by atoms with Crippen LogP contribution < -0.4 is 20.7 Å². The van der Waals surface area contributed by atoms with Gasteiger partial charge in [0, 0.05) is 77.5 Å². The number of phenols is 4. The van der Waals surface area contributed by atoms with Crippen LogP contribution in [0.4, 0.5) is 5.69 Å². The summed E-state index contributed by atoms with van der Waals surface area (Å²) >= 11 is 0. The number of aromatic amines is 1. The molecule has 0 radical (unpaired) electrons. The highest BCUT2D eigenvalue weighted by Crippen LogP contribution is 2.72. The number of allylic oxidation sites excluding steroid dienone is 1. The number of fused-ring (bicyclic) bond motifs is 6. The van der Waals surface area contributed by atoms with Crippen molar-refractivity contribution < 1.29 is 80.3 Å². The van der Waals surface area contributed by atoms with Crippen molar-refractivity contribution in [2.75, 3.05) is 24.7 Å². The summed E-state index contributed by atoms with van der Waals surface area (Å²) in [4.78, 5) is 42.9. The number of aromatic hydroxyl groups is 4. The van der Waals surface area contributed by atoms with E-state index in [1.807, 2.05) is 36.4 Å². The number of rotatable bonds is 19. The van der Waals surface area contributed by atoms with Crippen molar-refractivity contribution in [3.05, 3.63) is 142 Å². The molecular formula is C60H70N6O16. The zero-order chi connectivity index (χ0) is 58.3. The molecule has 436 valence electrons. The van der Waals surface area contributed by atoms with Crippen LogP contribution in [0, 0.1) is 17.8 Å². The number of hydrogen-bond donors (Lipinski definition) is 15. The van der Waals surface area contributed by atoms with Crippen LogP contribution in [-0.2, 0) is 39.1 Å². The number of carbonyl (C=O) groups is 2. The van der Waals surface area contributed by atoms with Crippen LogP contribution in [0.15, 0.2) is 108 Å². The van der Waals surface area contributed by atoms with Gasteiger partial charge in [-0.2, -0.15) is 0 Å². The van der Waals surface area contributed by atoms with E-state index in [2.05, 4.69) is 20.3 Å². The third-order valence-corrected chi connectivity index (χ3v) is 17.6. The molecule has 1 saturated heterocycles. The van der Waals surface area contributed by atoms with Crippen LogP contribution in [0.3, 0.4) is 0 Å². The number of imidazole rings is 1. The summed E-state index contributed by atoms with van der Waals surface area (Å²) in [6, 6.07) is 20.2. The van der Waals surface area contributed by atoms with Gasteiger partial charge in [-0.25, -0.2) is 14.8 Å². The monoisotopic (exact) mass is 1130 g/mol. The van der Waals surface area contributed by atoms with Crippen molar-refractivity contribution in [2.45, 2.75) is 124 Å². The van der Waals surface area contributed by atoms with Crippen molar-refractivity contribution in [1.82, 2.24) is 15.3 Å². The maximum atomic E-state index is 15.6. The molecular weight excluding hydrogens is 1060 g/mol. The number of guanidine groups is 1. The summed E-state index contributed by atoms with van der Waals surface area (Å²) in [6.07, 6.45) is 1.49. The number of nitrogens with two attached hydrogens (primary N) is 1. The number of hydrogen-bond acceptors (Lipinski definition) is 17. The van der Waals surface area contributed by atoms with Gasteiger partial charge in [-0.3, -0.25) is 9.69 Å². The number of carboxylic acid groups (broad SMARTS) is 1. The molecule has 22 heteroatoms. The van der Waals surface area contributed by atoms with Crippen LogP contribution >= 0.6 is 0 Å². The van der Waals surface area contributed by atoms with E-state index in [0.29, 0.717) is 79.6 Å². The molecule has 5 aromatic rings. The number of H-pyrrole nitrogens is 1. The number of anilines is 1. The minimum absolute atomic E-state index is 0.0250. The molecule has 10 rings (SSSR count). The van der Waals surface area contributed by atoms with Gasteiger partial charge in [0.2, 0.25) is 5.75 Å². The minimum Gasteiger partial charge on any atom is -0.508 e. The van der Waals surface area contributed by atoms with Crippen molar-refractivity contribution in [1.29, 1.82) is 0 Å². The lowest BCUT2D eigenvalue weighted by Gasteiger charge is -2.58. The SMILES string of the molecule is NC(=NCc1ccccc1)NCCC[C@H](O)CCC1=C[C@]2(C(=O)O)[C@@H](c3c(cc(O[C@]4(O)O[C@H](CO)[C@@H](O)[C@H](O)[C@H]4O)c(O)c3O)N2C(=O)/C=C/c2ccc(O)c(Cc3cnc[nH]3)c2)[C@@H]1[C@@]12c3c(O)cccc3CC[C@H]1CCC[C@@H]2CO. The van der Waals surface area contributed by atoms with Gasteiger partial charge in [0.1, 0.15) is 29.8 Å². The van der Waals surface area contributed by atoms with E-state index >= 15 is 4.79 Å². The van der Waals surface area contributed by atoms with Gasteiger partial charge in [0.15, 0.2) is 29.1 Å². The van der Waals surface area contributed by atoms with E-state index in [1.165, 1.54) is 36.7 Å². The van der Waals surface area contributed by atoms with E-state index in [0.717, 1.165) is 28.2 Å².